The van der Waals surface area contributed by atoms with Crippen LogP contribution in [0, 0.1) is 5.41 Å². The molecule has 1 aromatic rings. The molecule has 4 nitrogen and oxygen atoms in total. The maximum absolute atomic E-state index is 12.5. The number of hydrogen-bond donors (Lipinski definition) is 1. The van der Waals surface area contributed by atoms with Gasteiger partial charge in [0.1, 0.15) is 0 Å². The predicted octanol–water partition coefficient (Wildman–Crippen LogP) is 7.23. The van der Waals surface area contributed by atoms with Gasteiger partial charge in [0.05, 0.1) is 5.69 Å². The Morgan fingerprint density at radius 2 is 1.74 bits per heavy atom. The molecule has 1 aliphatic carbocycles. The zero-order valence-corrected chi connectivity index (χ0v) is 19.2. The van der Waals surface area contributed by atoms with E-state index in [2.05, 4.69) is 32.9 Å². The van der Waals surface area contributed by atoms with E-state index in [0.717, 1.165) is 10.5 Å². The monoisotopic (exact) mass is 419 g/mol. The van der Waals surface area contributed by atoms with E-state index in [1.807, 2.05) is 19.1 Å². The Bertz CT molecular complexity index is 959. The third-order valence-electron chi connectivity index (χ3n) is 5.55. The maximum Gasteiger partial charge on any atom is 0.419 e. The van der Waals surface area contributed by atoms with Crippen LogP contribution in [0.15, 0.2) is 89.1 Å². The number of hydrogen-bond acceptors (Lipinski definition) is 2. The molecule has 0 aromatic heterocycles. The summed E-state index contributed by atoms with van der Waals surface area (Å²) in [7, 11) is 0. The van der Waals surface area contributed by atoms with Gasteiger partial charge in [0.2, 0.25) is 0 Å². The summed E-state index contributed by atoms with van der Waals surface area (Å²) in [6.07, 6.45) is 13.7. The van der Waals surface area contributed by atoms with Crippen molar-refractivity contribution in [1.29, 1.82) is 0 Å². The minimum Gasteiger partial charge on any atom is -0.464 e. The molecule has 0 aliphatic heterocycles. The smallest absolute Gasteiger partial charge is 0.419 e. The Labute approximate surface area is 186 Å². The Morgan fingerprint density at radius 1 is 1.06 bits per heavy atom. The number of carbonyl (C=O) groups is 2. The summed E-state index contributed by atoms with van der Waals surface area (Å²) < 4.78 is 0. The summed E-state index contributed by atoms with van der Waals surface area (Å²) in [6, 6.07) is 8.35. The molecule has 0 saturated heterocycles. The van der Waals surface area contributed by atoms with E-state index in [4.69, 9.17) is 0 Å². The van der Waals surface area contributed by atoms with Crippen LogP contribution in [0.4, 0.5) is 10.5 Å². The molecule has 164 valence electrons. The number of imide groups is 1. The summed E-state index contributed by atoms with van der Waals surface area (Å²) in [5.41, 5.74) is 5.20. The minimum absolute atomic E-state index is 0.212. The second kappa shape index (κ2) is 10.8. The number of anilines is 1. The average molecular weight is 420 g/mol. The van der Waals surface area contributed by atoms with Gasteiger partial charge < -0.3 is 5.11 Å². The van der Waals surface area contributed by atoms with Crippen molar-refractivity contribution in [3.05, 3.63) is 89.1 Å². The van der Waals surface area contributed by atoms with Gasteiger partial charge in [0.15, 0.2) is 0 Å². The molecule has 1 aromatic carbocycles. The van der Waals surface area contributed by atoms with Gasteiger partial charge >= 0.3 is 6.09 Å². The van der Waals surface area contributed by atoms with Gasteiger partial charge in [-0.25, -0.2) is 9.69 Å². The Balaban J connectivity index is 2.08. The van der Waals surface area contributed by atoms with E-state index < -0.39 is 12.0 Å². The highest BCUT2D eigenvalue weighted by atomic mass is 16.4. The topological polar surface area (TPSA) is 57.6 Å². The van der Waals surface area contributed by atoms with Crippen LogP contribution in [-0.2, 0) is 4.79 Å². The number of benzene rings is 1. The predicted molar refractivity (Wildman–Crippen MR) is 128 cm³/mol. The molecule has 0 heterocycles. The quantitative estimate of drug-likeness (QED) is 0.391. The lowest BCUT2D eigenvalue weighted by molar-refractivity contribution is -0.113. The third-order valence-corrected chi connectivity index (χ3v) is 5.55. The second-order valence-corrected chi connectivity index (χ2v) is 8.71. The molecule has 0 atom stereocenters. The van der Waals surface area contributed by atoms with Gasteiger partial charge in [-0.05, 0) is 68.7 Å². The van der Waals surface area contributed by atoms with Crippen LogP contribution in [0.5, 0.6) is 0 Å². The van der Waals surface area contributed by atoms with Crippen molar-refractivity contribution in [2.24, 2.45) is 5.41 Å². The highest BCUT2D eigenvalue weighted by Crippen LogP contribution is 2.40. The molecular weight excluding hydrogens is 386 g/mol. The molecular formula is C27H33NO3. The van der Waals surface area contributed by atoms with Gasteiger partial charge in [-0.3, -0.25) is 4.79 Å². The summed E-state index contributed by atoms with van der Waals surface area (Å²) in [4.78, 5) is 24.7. The number of amides is 2. The number of allylic oxidation sites excluding steroid dienone is 9. The number of rotatable bonds is 6. The van der Waals surface area contributed by atoms with E-state index in [1.54, 1.807) is 43.3 Å². The molecule has 31 heavy (non-hydrogen) atoms. The Hall–Kier alpha value is -3.14. The number of nitrogens with zero attached hydrogens (tertiary/aromatic N) is 1. The lowest BCUT2D eigenvalue weighted by atomic mass is 9.72. The first-order valence-electron chi connectivity index (χ1n) is 10.7. The van der Waals surface area contributed by atoms with E-state index in [0.29, 0.717) is 11.3 Å². The fourth-order valence-electron chi connectivity index (χ4n) is 3.85. The van der Waals surface area contributed by atoms with Crippen LogP contribution in [0.2, 0.25) is 0 Å². The molecule has 0 bridgehead atoms. The van der Waals surface area contributed by atoms with Crippen molar-refractivity contribution in [2.45, 2.75) is 53.9 Å². The second-order valence-electron chi connectivity index (χ2n) is 8.71. The molecule has 0 saturated carbocycles. The van der Waals surface area contributed by atoms with Crippen LogP contribution in [-0.4, -0.2) is 17.1 Å². The van der Waals surface area contributed by atoms with Gasteiger partial charge in [0, 0.05) is 6.08 Å². The Kier molecular flexibility index (Phi) is 8.38. The van der Waals surface area contributed by atoms with Crippen molar-refractivity contribution >= 4 is 17.7 Å². The van der Waals surface area contributed by atoms with Crippen LogP contribution in [0.3, 0.4) is 0 Å². The summed E-state index contributed by atoms with van der Waals surface area (Å²) in [6.45, 7) is 10.6. The van der Waals surface area contributed by atoms with Crippen LogP contribution in [0.1, 0.15) is 53.9 Å². The molecule has 1 N–H and O–H groups in total. The van der Waals surface area contributed by atoms with Crippen molar-refractivity contribution in [3.63, 3.8) is 0 Å². The molecule has 0 radical (unpaired) electrons. The zero-order chi connectivity index (χ0) is 23.0. The summed E-state index contributed by atoms with van der Waals surface area (Å²) >= 11 is 0. The first-order valence-corrected chi connectivity index (χ1v) is 10.7. The van der Waals surface area contributed by atoms with Gasteiger partial charge in [-0.2, -0.15) is 0 Å². The standard InChI is InChI=1S/C27H33NO3/c1-20(16-17-24-22(3)13-10-18-27(24,4)5)11-9-12-21(2)19-25(29)28(26(30)31)23-14-7-6-8-15-23/h6-9,11-12,14-17,19H,10,13,18H2,1-5H3,(H,30,31). The number of carboxylic acid groups (broad SMARTS) is 1. The van der Waals surface area contributed by atoms with Crippen LogP contribution in [0.25, 0.3) is 0 Å². The fourth-order valence-corrected chi connectivity index (χ4v) is 3.85. The first kappa shape index (κ1) is 24.1. The largest absolute Gasteiger partial charge is 0.464 e. The fraction of sp³-hybridized carbons (Fsp3) is 0.333. The molecule has 0 unspecified atom stereocenters. The highest BCUT2D eigenvalue weighted by molar-refractivity contribution is 6.16. The lowest BCUT2D eigenvalue weighted by Crippen LogP contribution is -2.34. The van der Waals surface area contributed by atoms with Gasteiger partial charge in [-0.1, -0.05) is 73.6 Å². The van der Waals surface area contributed by atoms with Gasteiger partial charge in [-0.15, -0.1) is 0 Å². The number of carbonyl (C=O) groups excluding carboxylic acids is 1. The third kappa shape index (κ3) is 6.95. The van der Waals surface area contributed by atoms with E-state index in [1.165, 1.54) is 36.5 Å². The van der Waals surface area contributed by atoms with Crippen LogP contribution >= 0.6 is 0 Å². The average Bonchev–Trinajstić information content (AvgIpc) is 2.67. The highest BCUT2D eigenvalue weighted by Gasteiger charge is 2.26. The van der Waals surface area contributed by atoms with Crippen molar-refractivity contribution in [1.82, 2.24) is 0 Å². The summed E-state index contributed by atoms with van der Waals surface area (Å²) in [5, 5.41) is 9.42. The summed E-state index contributed by atoms with van der Waals surface area (Å²) in [5.74, 6) is -0.594. The molecule has 0 spiro atoms. The van der Waals surface area contributed by atoms with E-state index in [-0.39, 0.29) is 5.41 Å². The van der Waals surface area contributed by atoms with Crippen molar-refractivity contribution < 1.29 is 14.7 Å². The van der Waals surface area contributed by atoms with Crippen LogP contribution < -0.4 is 4.90 Å². The number of para-hydroxylation sites is 1. The molecule has 2 rings (SSSR count). The normalized spacial score (nSPS) is 17.5. The first-order chi connectivity index (χ1) is 14.6. The molecule has 4 heteroatoms. The SMILES string of the molecule is CC(C=CC1=C(C)CCCC1(C)C)=CC=CC(C)=CC(=O)N(C(=O)O)c1ccccc1. The molecule has 0 fully saturated rings. The van der Waals surface area contributed by atoms with Crippen molar-refractivity contribution in [3.8, 4) is 0 Å². The maximum atomic E-state index is 12.5. The van der Waals surface area contributed by atoms with E-state index in [9.17, 15) is 14.7 Å². The van der Waals surface area contributed by atoms with Crippen molar-refractivity contribution in [2.75, 3.05) is 4.90 Å². The molecule has 1 aliphatic rings. The minimum atomic E-state index is -1.31. The van der Waals surface area contributed by atoms with Gasteiger partial charge in [0.25, 0.3) is 5.91 Å². The Morgan fingerprint density at radius 3 is 2.35 bits per heavy atom. The molecule has 2 amide bonds. The lowest BCUT2D eigenvalue weighted by Gasteiger charge is -2.32. The van der Waals surface area contributed by atoms with E-state index >= 15 is 0 Å². The zero-order valence-electron chi connectivity index (χ0n) is 19.2.